The number of unbranched alkanes of at least 4 members (excludes halogenated alkanes) is 1. The molecule has 2 atom stereocenters. The molecule has 3 heteroatoms. The number of methoxy groups -OCH3 is 1. The summed E-state index contributed by atoms with van der Waals surface area (Å²) in [5.41, 5.74) is 5.68. The van der Waals surface area contributed by atoms with Crippen molar-refractivity contribution in [3.63, 3.8) is 0 Å². The highest BCUT2D eigenvalue weighted by molar-refractivity contribution is 4.62. The molecular formula is C11H26N2O. The summed E-state index contributed by atoms with van der Waals surface area (Å²) in [6.45, 7) is 6.20. The van der Waals surface area contributed by atoms with E-state index >= 15 is 0 Å². The van der Waals surface area contributed by atoms with Gasteiger partial charge in [0.05, 0.1) is 6.61 Å². The average molecular weight is 202 g/mol. The van der Waals surface area contributed by atoms with Crippen molar-refractivity contribution in [3.8, 4) is 0 Å². The Hall–Kier alpha value is -0.120. The van der Waals surface area contributed by atoms with Crippen LogP contribution in [0.5, 0.6) is 0 Å². The maximum Gasteiger partial charge on any atom is 0.0615 e. The molecule has 0 saturated heterocycles. The van der Waals surface area contributed by atoms with Gasteiger partial charge in [-0.3, -0.25) is 0 Å². The Morgan fingerprint density at radius 3 is 2.43 bits per heavy atom. The van der Waals surface area contributed by atoms with Crippen LogP contribution in [0.2, 0.25) is 0 Å². The van der Waals surface area contributed by atoms with Crippen molar-refractivity contribution in [1.82, 2.24) is 4.90 Å². The number of nitrogens with zero attached hydrogens (tertiary/aromatic N) is 1. The van der Waals surface area contributed by atoms with Crippen LogP contribution in [0, 0.1) is 0 Å². The number of hydrogen-bond donors (Lipinski definition) is 1. The maximum absolute atomic E-state index is 5.68. The normalized spacial score (nSPS) is 15.9. The summed E-state index contributed by atoms with van der Waals surface area (Å²) in [5.74, 6) is 0. The fourth-order valence-corrected chi connectivity index (χ4v) is 1.42. The summed E-state index contributed by atoms with van der Waals surface area (Å²) in [4.78, 5) is 2.34. The van der Waals surface area contributed by atoms with Gasteiger partial charge < -0.3 is 15.4 Å². The first-order chi connectivity index (χ1) is 6.57. The van der Waals surface area contributed by atoms with Gasteiger partial charge in [-0.2, -0.15) is 0 Å². The van der Waals surface area contributed by atoms with Gasteiger partial charge in [0, 0.05) is 19.2 Å². The van der Waals surface area contributed by atoms with Crippen LogP contribution in [0.25, 0.3) is 0 Å². The Morgan fingerprint density at radius 2 is 1.93 bits per heavy atom. The smallest absolute Gasteiger partial charge is 0.0615 e. The largest absolute Gasteiger partial charge is 0.383 e. The Kier molecular flexibility index (Phi) is 8.14. The molecule has 0 aliphatic heterocycles. The van der Waals surface area contributed by atoms with Gasteiger partial charge in [0.25, 0.3) is 0 Å². The Labute approximate surface area is 88.6 Å². The lowest BCUT2D eigenvalue weighted by atomic mass is 10.1. The SMILES string of the molecule is COCC(C)N(C)CCCCC(C)N. The number of nitrogens with two attached hydrogens (primary N) is 1. The molecule has 0 bridgehead atoms. The summed E-state index contributed by atoms with van der Waals surface area (Å²) in [6, 6.07) is 0.854. The molecule has 0 spiro atoms. The van der Waals surface area contributed by atoms with Gasteiger partial charge in [-0.05, 0) is 40.3 Å². The Morgan fingerprint density at radius 1 is 1.29 bits per heavy atom. The molecule has 0 aliphatic rings. The van der Waals surface area contributed by atoms with E-state index in [1.165, 1.54) is 12.8 Å². The second-order valence-corrected chi connectivity index (χ2v) is 4.26. The predicted octanol–water partition coefficient (Wildman–Crippen LogP) is 1.47. The summed E-state index contributed by atoms with van der Waals surface area (Å²) in [6.07, 6.45) is 3.58. The van der Waals surface area contributed by atoms with Crippen LogP contribution >= 0.6 is 0 Å². The van der Waals surface area contributed by atoms with Crippen LogP contribution in [-0.4, -0.2) is 44.3 Å². The van der Waals surface area contributed by atoms with Crippen molar-refractivity contribution in [3.05, 3.63) is 0 Å². The molecule has 0 aromatic heterocycles. The molecule has 0 heterocycles. The Balaban J connectivity index is 3.38. The van der Waals surface area contributed by atoms with Gasteiger partial charge in [-0.1, -0.05) is 6.42 Å². The minimum Gasteiger partial charge on any atom is -0.383 e. The maximum atomic E-state index is 5.68. The molecule has 0 rings (SSSR count). The minimum absolute atomic E-state index is 0.344. The van der Waals surface area contributed by atoms with Crippen molar-refractivity contribution >= 4 is 0 Å². The fourth-order valence-electron chi connectivity index (χ4n) is 1.42. The molecule has 0 saturated carbocycles. The van der Waals surface area contributed by atoms with Crippen molar-refractivity contribution in [1.29, 1.82) is 0 Å². The highest BCUT2D eigenvalue weighted by Crippen LogP contribution is 2.02. The predicted molar refractivity (Wildman–Crippen MR) is 61.5 cm³/mol. The zero-order valence-electron chi connectivity index (χ0n) is 10.1. The lowest BCUT2D eigenvalue weighted by molar-refractivity contribution is 0.114. The zero-order chi connectivity index (χ0) is 11.0. The van der Waals surface area contributed by atoms with E-state index in [2.05, 4.69) is 25.8 Å². The van der Waals surface area contributed by atoms with E-state index in [1.54, 1.807) is 7.11 Å². The van der Waals surface area contributed by atoms with Crippen molar-refractivity contribution < 1.29 is 4.74 Å². The third-order valence-corrected chi connectivity index (χ3v) is 2.58. The van der Waals surface area contributed by atoms with Gasteiger partial charge >= 0.3 is 0 Å². The summed E-state index contributed by atoms with van der Waals surface area (Å²) >= 11 is 0. The number of likely N-dealkylation sites (N-methyl/N-ethyl adjacent to an activating group) is 1. The van der Waals surface area contributed by atoms with E-state index in [1.807, 2.05) is 0 Å². The molecule has 2 unspecified atom stereocenters. The molecule has 0 amide bonds. The van der Waals surface area contributed by atoms with Crippen LogP contribution in [-0.2, 0) is 4.74 Å². The van der Waals surface area contributed by atoms with Crippen LogP contribution in [0.1, 0.15) is 33.1 Å². The van der Waals surface area contributed by atoms with Crippen molar-refractivity contribution in [2.45, 2.75) is 45.2 Å². The molecule has 0 radical (unpaired) electrons. The first kappa shape index (κ1) is 13.9. The third-order valence-electron chi connectivity index (χ3n) is 2.58. The molecule has 0 aromatic rings. The van der Waals surface area contributed by atoms with E-state index in [9.17, 15) is 0 Å². The van der Waals surface area contributed by atoms with E-state index in [0.29, 0.717) is 12.1 Å². The molecule has 14 heavy (non-hydrogen) atoms. The standard InChI is InChI=1S/C11H26N2O/c1-10(12)7-5-6-8-13(3)11(2)9-14-4/h10-11H,5-9,12H2,1-4H3. The second-order valence-electron chi connectivity index (χ2n) is 4.26. The van der Waals surface area contributed by atoms with Crippen molar-refractivity contribution in [2.24, 2.45) is 5.73 Å². The van der Waals surface area contributed by atoms with E-state index < -0.39 is 0 Å². The molecular weight excluding hydrogens is 176 g/mol. The van der Waals surface area contributed by atoms with Crippen LogP contribution < -0.4 is 5.73 Å². The first-order valence-electron chi connectivity index (χ1n) is 5.52. The topological polar surface area (TPSA) is 38.5 Å². The Bertz CT molecular complexity index is 128. The summed E-state index contributed by atoms with van der Waals surface area (Å²) in [7, 11) is 3.90. The fraction of sp³-hybridized carbons (Fsp3) is 1.00. The molecule has 0 aliphatic carbocycles. The summed E-state index contributed by atoms with van der Waals surface area (Å²) < 4.78 is 5.11. The van der Waals surface area contributed by atoms with Crippen LogP contribution in [0.15, 0.2) is 0 Å². The number of ether oxygens (including phenoxy) is 1. The van der Waals surface area contributed by atoms with Gasteiger partial charge in [-0.15, -0.1) is 0 Å². The molecule has 0 aromatic carbocycles. The lowest BCUT2D eigenvalue weighted by Crippen LogP contribution is -2.33. The molecule has 3 nitrogen and oxygen atoms in total. The van der Waals surface area contributed by atoms with Gasteiger partial charge in [0.15, 0.2) is 0 Å². The number of rotatable bonds is 8. The zero-order valence-corrected chi connectivity index (χ0v) is 10.1. The van der Waals surface area contributed by atoms with Gasteiger partial charge in [-0.25, -0.2) is 0 Å². The van der Waals surface area contributed by atoms with Crippen LogP contribution in [0.3, 0.4) is 0 Å². The highest BCUT2D eigenvalue weighted by Gasteiger charge is 2.07. The second kappa shape index (κ2) is 8.21. The van der Waals surface area contributed by atoms with E-state index in [4.69, 9.17) is 10.5 Å². The summed E-state index contributed by atoms with van der Waals surface area (Å²) in [5, 5.41) is 0. The highest BCUT2D eigenvalue weighted by atomic mass is 16.5. The van der Waals surface area contributed by atoms with Crippen molar-refractivity contribution in [2.75, 3.05) is 27.3 Å². The first-order valence-corrected chi connectivity index (χ1v) is 5.52. The lowest BCUT2D eigenvalue weighted by Gasteiger charge is -2.23. The van der Waals surface area contributed by atoms with E-state index in [0.717, 1.165) is 19.6 Å². The molecule has 2 N–H and O–H groups in total. The van der Waals surface area contributed by atoms with Gasteiger partial charge in [0.1, 0.15) is 0 Å². The quantitative estimate of drug-likeness (QED) is 0.606. The van der Waals surface area contributed by atoms with E-state index in [-0.39, 0.29) is 0 Å². The average Bonchev–Trinajstić information content (AvgIpc) is 2.12. The van der Waals surface area contributed by atoms with Crippen LogP contribution in [0.4, 0.5) is 0 Å². The molecule has 86 valence electrons. The monoisotopic (exact) mass is 202 g/mol. The minimum atomic E-state index is 0.344. The molecule has 0 fully saturated rings. The third kappa shape index (κ3) is 7.30. The van der Waals surface area contributed by atoms with Gasteiger partial charge in [0.2, 0.25) is 0 Å². The number of hydrogen-bond acceptors (Lipinski definition) is 3.